The fraction of sp³-hybridized carbons (Fsp3) is 0.814. The molecule has 4 saturated heterocycles. The first-order valence-electron chi connectivity index (χ1n) is 28.3. The largest absolute Gasteiger partial charge is 0.461 e. The Bertz CT molecular complexity index is 2090. The minimum atomic E-state index is -1.85. The van der Waals surface area contributed by atoms with E-state index in [4.69, 9.17) is 56.9 Å². The molecular weight excluding hydrogens is 1010 g/mol. The normalized spacial score (nSPS) is 40.6. The molecule has 0 saturated carbocycles. The lowest BCUT2D eigenvalue weighted by Crippen LogP contribution is -2.59. The highest BCUT2D eigenvalue weighted by molar-refractivity contribution is 5.91. The minimum absolute atomic E-state index is 0.0264. The van der Waals surface area contributed by atoms with Crippen molar-refractivity contribution in [2.24, 2.45) is 58.4 Å². The second-order valence-corrected chi connectivity index (χ2v) is 23.7. The van der Waals surface area contributed by atoms with Crippen molar-refractivity contribution in [3.8, 4) is 0 Å². The van der Waals surface area contributed by atoms with Gasteiger partial charge in [0.05, 0.1) is 54.7 Å². The lowest BCUT2D eigenvalue weighted by molar-refractivity contribution is -0.305. The van der Waals surface area contributed by atoms with Crippen molar-refractivity contribution in [2.45, 2.75) is 227 Å². The van der Waals surface area contributed by atoms with Crippen molar-refractivity contribution in [1.82, 2.24) is 0 Å². The van der Waals surface area contributed by atoms with E-state index >= 15 is 9.59 Å². The molecule has 4 fully saturated rings. The van der Waals surface area contributed by atoms with Crippen LogP contribution in [0.5, 0.6) is 0 Å². The molecule has 0 radical (unpaired) electrons. The average Bonchev–Trinajstić information content (AvgIpc) is 3.53. The van der Waals surface area contributed by atoms with Crippen LogP contribution in [0.15, 0.2) is 35.5 Å². The first kappa shape index (κ1) is 65.2. The third-order valence-electron chi connectivity index (χ3n) is 16.5. The van der Waals surface area contributed by atoms with E-state index in [0.717, 1.165) is 12.8 Å². The van der Waals surface area contributed by atoms with Crippen LogP contribution < -0.4 is 0 Å². The summed E-state index contributed by atoms with van der Waals surface area (Å²) in [5.74, 6) is -7.43. The first-order chi connectivity index (χ1) is 36.7. The van der Waals surface area contributed by atoms with Crippen LogP contribution in [0.2, 0.25) is 0 Å². The van der Waals surface area contributed by atoms with Gasteiger partial charge < -0.3 is 67.2 Å². The number of esters is 3. The highest BCUT2D eigenvalue weighted by atomic mass is 16.7. The number of nitrogens with zero attached hydrogens (tertiary/aromatic N) is 1. The number of rotatable bonds is 17. The Morgan fingerprint density at radius 3 is 2.05 bits per heavy atom. The number of cyclic esters (lactones) is 1. The monoisotopic (exact) mass is 1110 g/mol. The zero-order chi connectivity index (χ0) is 57.9. The Morgan fingerprint density at radius 2 is 1.44 bits per heavy atom. The zero-order valence-electron chi connectivity index (χ0n) is 49.5. The summed E-state index contributed by atoms with van der Waals surface area (Å²) in [6.07, 6.45) is -10.6. The van der Waals surface area contributed by atoms with Crippen molar-refractivity contribution in [2.75, 3.05) is 27.9 Å². The van der Waals surface area contributed by atoms with Gasteiger partial charge in [-0.2, -0.15) is 0 Å². The van der Waals surface area contributed by atoms with Gasteiger partial charge in [-0.15, -0.1) is 0 Å². The standard InChI is InChI=1S/C59H95NO18/c1-30(2)23-45(62)74-51-37(9)50(33(5)29-70-58-54(68-16)53(67-15)47(63)40(12)73-58)76-56(66)39(11)52(75-46-24-31(3)43(25-34(6)71-46)27-42-21-19-18-20-22-42)36(8)49(77-57-48(64)44(60-69-17)26-35(7)72-57)32(4)28-59(14,78-41(13)61)55(65)38(51)10/h18-22,30-40,43,46-54,57-58,63-64H,23-29H2,1-17H3/t31?,32-,33-,34-,35+,36+,37-,38+,39+,40+,43?,46-,47+,48+,49-,50+,51+,52-,53+,54+,57-,58+,59-/m0/s1. The fourth-order valence-electron chi connectivity index (χ4n) is 12.4. The second-order valence-electron chi connectivity index (χ2n) is 23.7. The van der Waals surface area contributed by atoms with Crippen molar-refractivity contribution >= 4 is 29.4 Å². The predicted octanol–water partition coefficient (Wildman–Crippen LogP) is 7.41. The molecule has 19 nitrogen and oxygen atoms in total. The average molecular weight is 1110 g/mol. The number of Topliss-reactive ketones (excluding diaryl/α,β-unsaturated/α-hetero) is 1. The highest BCUT2D eigenvalue weighted by Gasteiger charge is 2.52. The van der Waals surface area contributed by atoms with Crippen LogP contribution in [-0.4, -0.2) is 159 Å². The van der Waals surface area contributed by atoms with Crippen molar-refractivity contribution in [3.05, 3.63) is 35.9 Å². The summed E-state index contributed by atoms with van der Waals surface area (Å²) in [5, 5.41) is 26.8. The minimum Gasteiger partial charge on any atom is -0.461 e. The molecule has 23 atom stereocenters. The molecule has 0 bridgehead atoms. The first-order valence-corrected chi connectivity index (χ1v) is 28.3. The summed E-state index contributed by atoms with van der Waals surface area (Å²) in [6, 6.07) is 10.3. The molecular formula is C59H95NO18. The van der Waals surface area contributed by atoms with E-state index in [2.05, 4.69) is 24.2 Å². The summed E-state index contributed by atoms with van der Waals surface area (Å²) in [4.78, 5) is 63.2. The Labute approximate surface area is 463 Å². The lowest BCUT2D eigenvalue weighted by atomic mass is 9.74. The molecule has 0 aliphatic carbocycles. The van der Waals surface area contributed by atoms with Crippen molar-refractivity contribution in [3.63, 3.8) is 0 Å². The molecule has 78 heavy (non-hydrogen) atoms. The molecule has 4 aliphatic rings. The van der Waals surface area contributed by atoms with Crippen molar-refractivity contribution in [1.29, 1.82) is 0 Å². The molecule has 4 aliphatic heterocycles. The van der Waals surface area contributed by atoms with E-state index in [1.165, 1.54) is 33.8 Å². The van der Waals surface area contributed by atoms with Gasteiger partial charge in [-0.25, -0.2) is 0 Å². The van der Waals surface area contributed by atoms with E-state index in [-0.39, 0.29) is 49.7 Å². The van der Waals surface area contributed by atoms with Crippen LogP contribution in [0.4, 0.5) is 0 Å². The summed E-state index contributed by atoms with van der Waals surface area (Å²) in [5.41, 5.74) is -0.327. The molecule has 0 aromatic heterocycles. The number of aliphatic hydroxyl groups is 2. The number of hydrogen-bond donors (Lipinski definition) is 2. The highest BCUT2D eigenvalue weighted by Crippen LogP contribution is 2.41. The Balaban J connectivity index is 1.67. The molecule has 19 heteroatoms. The molecule has 2 unspecified atom stereocenters. The summed E-state index contributed by atoms with van der Waals surface area (Å²) >= 11 is 0. The number of hydrogen-bond acceptors (Lipinski definition) is 19. The third-order valence-corrected chi connectivity index (χ3v) is 16.5. The molecule has 0 amide bonds. The third kappa shape index (κ3) is 16.7. The zero-order valence-corrected chi connectivity index (χ0v) is 49.5. The molecule has 2 N–H and O–H groups in total. The van der Waals surface area contributed by atoms with Gasteiger partial charge in [-0.1, -0.05) is 90.9 Å². The van der Waals surface area contributed by atoms with Crippen LogP contribution in [-0.2, 0) is 82.5 Å². The van der Waals surface area contributed by atoms with Gasteiger partial charge in [0, 0.05) is 58.2 Å². The molecule has 0 spiro atoms. The number of ketones is 1. The van der Waals surface area contributed by atoms with Crippen LogP contribution >= 0.6 is 0 Å². The predicted molar refractivity (Wildman–Crippen MR) is 287 cm³/mol. The maximum Gasteiger partial charge on any atom is 0.311 e. The van der Waals surface area contributed by atoms with E-state index < -0.39 is 145 Å². The van der Waals surface area contributed by atoms with Crippen LogP contribution in [0.1, 0.15) is 135 Å². The SMILES string of the molecule is CON=C1C[C@@H](C)O[C@@H](O[C@@H]2[C@@H](C)[C@H](O[C@H]3CC(C)C(Cc4ccccc4)C[C@H](C)O3)[C@@H](C)C(=O)O[C@H]([C@@H](C)CO[C@@H]3O[C@H](C)[C@@H](O)[C@@H](OC)[C@H]3OC)[C@H](C)[C@@H](OC(=O)CC(C)C)[C@@H](C)C(=O)[C@@](C)(OC(C)=O)C[C@@H]2C)[C@@H]1O. The number of benzene rings is 1. The van der Waals surface area contributed by atoms with Crippen LogP contribution in [0.25, 0.3) is 0 Å². The molecule has 4 heterocycles. The molecule has 5 rings (SSSR count). The Kier molecular flexibility index (Phi) is 24.6. The fourth-order valence-corrected chi connectivity index (χ4v) is 12.4. The van der Waals surface area contributed by atoms with Crippen LogP contribution in [0.3, 0.4) is 0 Å². The lowest BCUT2D eigenvalue weighted by Gasteiger charge is -2.45. The maximum atomic E-state index is 15.5. The van der Waals surface area contributed by atoms with E-state index in [9.17, 15) is 19.8 Å². The quantitative estimate of drug-likeness (QED) is 0.0878. The summed E-state index contributed by atoms with van der Waals surface area (Å²) in [6.45, 7) is 24.8. The van der Waals surface area contributed by atoms with E-state index in [1.54, 1.807) is 34.6 Å². The number of ether oxygens (including phenoxy) is 11. The second kappa shape index (κ2) is 29.4. The molecule has 444 valence electrons. The number of carbonyl (C=O) groups is 4. The van der Waals surface area contributed by atoms with Gasteiger partial charge in [0.2, 0.25) is 0 Å². The Morgan fingerprint density at radius 1 is 0.769 bits per heavy atom. The van der Waals surface area contributed by atoms with E-state index in [1.807, 2.05) is 66.7 Å². The van der Waals surface area contributed by atoms with Gasteiger partial charge in [-0.3, -0.25) is 19.2 Å². The summed E-state index contributed by atoms with van der Waals surface area (Å²) in [7, 11) is 4.31. The molecule has 1 aromatic carbocycles. The smallest absolute Gasteiger partial charge is 0.311 e. The molecule has 1 aromatic rings. The van der Waals surface area contributed by atoms with Crippen molar-refractivity contribution < 1.29 is 86.3 Å². The topological polar surface area (TPSA) is 232 Å². The number of oxime groups is 1. The van der Waals surface area contributed by atoms with Gasteiger partial charge in [-0.05, 0) is 83.1 Å². The van der Waals surface area contributed by atoms with Gasteiger partial charge in [0.15, 0.2) is 30.3 Å². The maximum absolute atomic E-state index is 15.5. The number of aliphatic hydroxyl groups excluding tert-OH is 2. The Hall–Kier alpha value is -3.63. The van der Waals surface area contributed by atoms with Crippen LogP contribution in [0, 0.1) is 53.3 Å². The van der Waals surface area contributed by atoms with Gasteiger partial charge in [0.25, 0.3) is 0 Å². The van der Waals surface area contributed by atoms with E-state index in [0.29, 0.717) is 12.1 Å². The van der Waals surface area contributed by atoms with Gasteiger partial charge >= 0.3 is 17.9 Å². The number of methoxy groups -OCH3 is 2. The number of carbonyl (C=O) groups excluding carboxylic acids is 4. The summed E-state index contributed by atoms with van der Waals surface area (Å²) < 4.78 is 70.3. The van der Waals surface area contributed by atoms with Gasteiger partial charge in [0.1, 0.15) is 43.7 Å².